The standard InChI is InChI=1S/C21H24F3N7O/c1-13(28-12-21(22,23)24)20(32)30-18-11-25-10-17(29-18)16-9-27-19-15(16)7-14(8-26-19)5-4-6-31(2)3/h4-5,7-11,13,28H,6,12H2,1-3H3,(H,26,27)(H,29,30,32)/b5-4+/t13-/m1/s1. The fourth-order valence-electron chi connectivity index (χ4n) is 2.87. The smallest absolute Gasteiger partial charge is 0.345 e. The van der Waals surface area contributed by atoms with Crippen LogP contribution in [0.5, 0.6) is 0 Å². The van der Waals surface area contributed by atoms with Crippen LogP contribution >= 0.6 is 0 Å². The van der Waals surface area contributed by atoms with Gasteiger partial charge in [0.1, 0.15) is 5.65 Å². The first kappa shape index (κ1) is 23.4. The summed E-state index contributed by atoms with van der Waals surface area (Å²) in [6, 6.07) is 0.909. The zero-order valence-corrected chi connectivity index (χ0v) is 17.9. The first-order valence-corrected chi connectivity index (χ1v) is 9.84. The lowest BCUT2D eigenvalue weighted by molar-refractivity contribution is -0.129. The largest absolute Gasteiger partial charge is 0.401 e. The van der Waals surface area contributed by atoms with Crippen LogP contribution in [-0.2, 0) is 4.79 Å². The van der Waals surface area contributed by atoms with Crippen LogP contribution in [0.3, 0.4) is 0 Å². The molecule has 170 valence electrons. The fourth-order valence-corrected chi connectivity index (χ4v) is 2.87. The lowest BCUT2D eigenvalue weighted by Crippen LogP contribution is -2.42. The van der Waals surface area contributed by atoms with Crippen molar-refractivity contribution in [1.29, 1.82) is 0 Å². The van der Waals surface area contributed by atoms with Gasteiger partial charge in [-0.3, -0.25) is 15.1 Å². The summed E-state index contributed by atoms with van der Waals surface area (Å²) in [5.41, 5.74) is 2.82. The Morgan fingerprint density at radius 2 is 2.06 bits per heavy atom. The molecule has 0 radical (unpaired) electrons. The molecule has 1 atom stereocenters. The highest BCUT2D eigenvalue weighted by Gasteiger charge is 2.28. The topological polar surface area (TPSA) is 98.8 Å². The summed E-state index contributed by atoms with van der Waals surface area (Å²) in [5, 5.41) is 5.45. The summed E-state index contributed by atoms with van der Waals surface area (Å²) in [4.78, 5) is 30.2. The molecule has 11 heteroatoms. The van der Waals surface area contributed by atoms with Crippen molar-refractivity contribution in [3.63, 3.8) is 0 Å². The number of amides is 1. The van der Waals surface area contributed by atoms with E-state index in [9.17, 15) is 18.0 Å². The molecule has 0 aliphatic rings. The van der Waals surface area contributed by atoms with Crippen LogP contribution in [0.1, 0.15) is 12.5 Å². The number of alkyl halides is 3. The molecule has 0 aliphatic carbocycles. The summed E-state index contributed by atoms with van der Waals surface area (Å²) in [6.07, 6.45) is 5.97. The van der Waals surface area contributed by atoms with E-state index in [-0.39, 0.29) is 5.82 Å². The van der Waals surface area contributed by atoms with E-state index in [2.05, 4.69) is 30.6 Å². The van der Waals surface area contributed by atoms with E-state index in [1.807, 2.05) is 37.2 Å². The van der Waals surface area contributed by atoms with Crippen LogP contribution in [0.2, 0.25) is 0 Å². The number of aromatic nitrogens is 4. The van der Waals surface area contributed by atoms with Crippen molar-refractivity contribution in [2.75, 3.05) is 32.5 Å². The van der Waals surface area contributed by atoms with Gasteiger partial charge in [0.05, 0.1) is 30.7 Å². The summed E-state index contributed by atoms with van der Waals surface area (Å²) >= 11 is 0. The van der Waals surface area contributed by atoms with Gasteiger partial charge in [-0.1, -0.05) is 12.2 Å². The SMILES string of the molecule is C[C@@H](NCC(F)(F)F)C(=O)Nc1cncc(-c2c[nH]c3ncc(/C=C/CN(C)C)cc23)n1. The molecule has 8 nitrogen and oxygen atoms in total. The Hall–Kier alpha value is -3.31. The number of hydrogen-bond acceptors (Lipinski definition) is 6. The molecule has 3 aromatic heterocycles. The van der Waals surface area contributed by atoms with Gasteiger partial charge in [-0.15, -0.1) is 0 Å². The maximum Gasteiger partial charge on any atom is 0.401 e. The average molecular weight is 447 g/mol. The molecule has 0 fully saturated rings. The van der Waals surface area contributed by atoms with E-state index < -0.39 is 24.7 Å². The van der Waals surface area contributed by atoms with Crippen molar-refractivity contribution in [3.8, 4) is 11.3 Å². The van der Waals surface area contributed by atoms with Crippen LogP contribution in [-0.4, -0.2) is 70.1 Å². The molecule has 3 heterocycles. The van der Waals surface area contributed by atoms with E-state index in [0.29, 0.717) is 11.3 Å². The van der Waals surface area contributed by atoms with Crippen LogP contribution in [0.25, 0.3) is 28.4 Å². The van der Waals surface area contributed by atoms with Crippen molar-refractivity contribution in [2.45, 2.75) is 19.1 Å². The molecule has 0 saturated heterocycles. The predicted octanol–water partition coefficient (Wildman–Crippen LogP) is 3.07. The number of nitrogens with zero attached hydrogens (tertiary/aromatic N) is 4. The number of carbonyl (C=O) groups is 1. The number of aromatic amines is 1. The molecule has 3 rings (SSSR count). The highest BCUT2D eigenvalue weighted by atomic mass is 19.4. The Labute approximate surface area is 183 Å². The summed E-state index contributed by atoms with van der Waals surface area (Å²) in [6.45, 7) is 0.873. The second-order valence-electron chi connectivity index (χ2n) is 7.53. The van der Waals surface area contributed by atoms with E-state index >= 15 is 0 Å². The highest BCUT2D eigenvalue weighted by Crippen LogP contribution is 2.27. The van der Waals surface area contributed by atoms with Gasteiger partial charge in [0, 0.05) is 29.9 Å². The number of fused-ring (bicyclic) bond motifs is 1. The predicted molar refractivity (Wildman–Crippen MR) is 117 cm³/mol. The van der Waals surface area contributed by atoms with Crippen molar-refractivity contribution in [3.05, 3.63) is 42.5 Å². The minimum absolute atomic E-state index is 0.137. The maximum atomic E-state index is 12.3. The monoisotopic (exact) mass is 447 g/mol. The van der Waals surface area contributed by atoms with Crippen LogP contribution in [0, 0.1) is 0 Å². The molecule has 3 aromatic rings. The van der Waals surface area contributed by atoms with Crippen molar-refractivity contribution in [2.24, 2.45) is 0 Å². The Morgan fingerprint density at radius 3 is 2.78 bits per heavy atom. The summed E-state index contributed by atoms with van der Waals surface area (Å²) in [5.74, 6) is -0.507. The van der Waals surface area contributed by atoms with Gasteiger partial charge >= 0.3 is 6.18 Å². The van der Waals surface area contributed by atoms with Gasteiger partial charge in [0.25, 0.3) is 0 Å². The number of anilines is 1. The highest BCUT2D eigenvalue weighted by molar-refractivity contribution is 5.95. The number of nitrogens with one attached hydrogen (secondary N) is 3. The molecular weight excluding hydrogens is 423 g/mol. The normalized spacial score (nSPS) is 13.2. The van der Waals surface area contributed by atoms with Gasteiger partial charge in [-0.2, -0.15) is 13.2 Å². The molecule has 0 bridgehead atoms. The quantitative estimate of drug-likeness (QED) is 0.491. The Bertz CT molecular complexity index is 1110. The first-order valence-electron chi connectivity index (χ1n) is 9.84. The van der Waals surface area contributed by atoms with Crippen LogP contribution < -0.4 is 10.6 Å². The van der Waals surface area contributed by atoms with Gasteiger partial charge in [0.15, 0.2) is 5.82 Å². The molecule has 0 spiro atoms. The van der Waals surface area contributed by atoms with Crippen LogP contribution in [0.4, 0.5) is 19.0 Å². The molecule has 0 unspecified atom stereocenters. The van der Waals surface area contributed by atoms with Crippen molar-refractivity contribution >= 4 is 28.8 Å². The zero-order valence-electron chi connectivity index (χ0n) is 17.9. The molecule has 3 N–H and O–H groups in total. The number of carbonyl (C=O) groups excluding carboxylic acids is 1. The zero-order chi connectivity index (χ0) is 23.3. The number of rotatable bonds is 8. The molecule has 32 heavy (non-hydrogen) atoms. The molecule has 0 aliphatic heterocycles. The first-order chi connectivity index (χ1) is 15.1. The molecule has 0 aromatic carbocycles. The lowest BCUT2D eigenvalue weighted by Gasteiger charge is -2.15. The van der Waals surface area contributed by atoms with E-state index in [1.165, 1.54) is 19.3 Å². The summed E-state index contributed by atoms with van der Waals surface area (Å²) < 4.78 is 37.0. The third-order valence-electron chi connectivity index (χ3n) is 4.50. The number of hydrogen-bond donors (Lipinski definition) is 3. The van der Waals surface area contributed by atoms with Gasteiger partial charge in [-0.05, 0) is 32.6 Å². The van der Waals surface area contributed by atoms with Gasteiger partial charge < -0.3 is 15.2 Å². The Balaban J connectivity index is 1.78. The second-order valence-corrected chi connectivity index (χ2v) is 7.53. The number of halogens is 3. The number of H-pyrrole nitrogens is 1. The van der Waals surface area contributed by atoms with E-state index in [0.717, 1.165) is 23.1 Å². The lowest BCUT2D eigenvalue weighted by atomic mass is 10.1. The van der Waals surface area contributed by atoms with Gasteiger partial charge in [0.2, 0.25) is 5.91 Å². The number of likely N-dealkylation sites (N-methyl/N-ethyl adjacent to an activating group) is 1. The maximum absolute atomic E-state index is 12.3. The minimum atomic E-state index is -4.40. The van der Waals surface area contributed by atoms with Crippen LogP contribution in [0.15, 0.2) is 36.9 Å². The minimum Gasteiger partial charge on any atom is -0.345 e. The number of pyridine rings is 1. The molecule has 1 amide bonds. The Morgan fingerprint density at radius 1 is 1.28 bits per heavy atom. The van der Waals surface area contributed by atoms with Crippen molar-refractivity contribution < 1.29 is 18.0 Å². The second kappa shape index (κ2) is 9.88. The molecule has 0 saturated carbocycles. The van der Waals surface area contributed by atoms with E-state index in [1.54, 1.807) is 12.4 Å². The van der Waals surface area contributed by atoms with E-state index in [4.69, 9.17) is 0 Å². The Kier molecular flexibility index (Phi) is 7.21. The van der Waals surface area contributed by atoms with Crippen molar-refractivity contribution in [1.82, 2.24) is 30.2 Å². The summed E-state index contributed by atoms with van der Waals surface area (Å²) in [7, 11) is 3.96. The third kappa shape index (κ3) is 6.34. The third-order valence-corrected chi connectivity index (χ3v) is 4.50. The fraction of sp³-hybridized carbons (Fsp3) is 0.333. The van der Waals surface area contributed by atoms with Gasteiger partial charge in [-0.25, -0.2) is 9.97 Å². The average Bonchev–Trinajstić information content (AvgIpc) is 3.14. The molecular formula is C21H24F3N7O.